The van der Waals surface area contributed by atoms with Crippen molar-refractivity contribution in [3.8, 4) is 0 Å². The zero-order chi connectivity index (χ0) is 11.5. The second-order valence-corrected chi connectivity index (χ2v) is 2.78. The first kappa shape index (κ1) is 11.4. The lowest BCUT2D eigenvalue weighted by Gasteiger charge is -2.04. The van der Waals surface area contributed by atoms with E-state index in [0.29, 0.717) is 6.20 Å². The Kier molecular flexibility index (Phi) is 3.23. The maximum absolute atomic E-state index is 12.0. The number of aliphatic carboxylic acids is 1. The van der Waals surface area contributed by atoms with E-state index in [2.05, 4.69) is 9.97 Å². The summed E-state index contributed by atoms with van der Waals surface area (Å²) in [5, 5.41) is 8.33. The highest BCUT2D eigenvalue weighted by molar-refractivity contribution is 5.66. The topological polar surface area (TPSA) is 63.1 Å². The highest BCUT2D eigenvalue weighted by atomic mass is 19.4. The van der Waals surface area contributed by atoms with Crippen molar-refractivity contribution in [3.05, 3.63) is 23.8 Å². The largest absolute Gasteiger partial charge is 0.481 e. The molecule has 0 radical (unpaired) electrons. The van der Waals surface area contributed by atoms with Gasteiger partial charge in [0, 0.05) is 12.6 Å². The summed E-state index contributed by atoms with van der Waals surface area (Å²) in [6.45, 7) is 0. The van der Waals surface area contributed by atoms with E-state index in [9.17, 15) is 18.0 Å². The number of rotatable bonds is 3. The standard InChI is InChI=1S/C8H7F3N2O2/c9-8(10,11)6-4-12-5(3-13-6)1-2-7(14)15/h3-4H,1-2H2,(H,14,15). The fourth-order valence-corrected chi connectivity index (χ4v) is 0.865. The van der Waals surface area contributed by atoms with Crippen LogP contribution in [0, 0.1) is 0 Å². The molecule has 1 aromatic heterocycles. The molecule has 1 heterocycles. The van der Waals surface area contributed by atoms with E-state index < -0.39 is 17.8 Å². The second-order valence-electron chi connectivity index (χ2n) is 2.78. The van der Waals surface area contributed by atoms with Gasteiger partial charge in [-0.05, 0) is 0 Å². The average Bonchev–Trinajstić information content (AvgIpc) is 2.14. The monoisotopic (exact) mass is 220 g/mol. The van der Waals surface area contributed by atoms with Crippen LogP contribution in [0.15, 0.2) is 12.4 Å². The lowest BCUT2D eigenvalue weighted by molar-refractivity contribution is -0.141. The summed E-state index contributed by atoms with van der Waals surface area (Å²) in [7, 11) is 0. The van der Waals surface area contributed by atoms with Gasteiger partial charge in [-0.2, -0.15) is 13.2 Å². The molecule has 0 unspecified atom stereocenters. The molecule has 0 aliphatic carbocycles. The first-order valence-corrected chi connectivity index (χ1v) is 3.99. The molecule has 0 aliphatic rings. The Balaban J connectivity index is 2.69. The van der Waals surface area contributed by atoms with Gasteiger partial charge in [0.05, 0.1) is 18.3 Å². The number of hydrogen-bond donors (Lipinski definition) is 1. The number of halogens is 3. The molecule has 0 saturated heterocycles. The van der Waals surface area contributed by atoms with Gasteiger partial charge in [-0.3, -0.25) is 9.78 Å². The lowest BCUT2D eigenvalue weighted by atomic mass is 10.2. The quantitative estimate of drug-likeness (QED) is 0.838. The van der Waals surface area contributed by atoms with Crippen LogP contribution in [0.4, 0.5) is 13.2 Å². The molecule has 0 fully saturated rings. The number of nitrogens with zero attached hydrogens (tertiary/aromatic N) is 2. The molecule has 0 saturated carbocycles. The zero-order valence-electron chi connectivity index (χ0n) is 7.45. The van der Waals surface area contributed by atoms with E-state index in [1.54, 1.807) is 0 Å². The van der Waals surface area contributed by atoms with Crippen molar-refractivity contribution >= 4 is 5.97 Å². The first-order chi connectivity index (χ1) is 6.89. The predicted octanol–water partition coefficient (Wildman–Crippen LogP) is 1.51. The Hall–Kier alpha value is -1.66. The second kappa shape index (κ2) is 4.24. The third-order valence-electron chi connectivity index (χ3n) is 1.59. The molecule has 4 nitrogen and oxygen atoms in total. The van der Waals surface area contributed by atoms with Crippen molar-refractivity contribution in [2.45, 2.75) is 19.0 Å². The summed E-state index contributed by atoms with van der Waals surface area (Å²) in [5.74, 6) is -1.03. The predicted molar refractivity (Wildman–Crippen MR) is 43.0 cm³/mol. The van der Waals surface area contributed by atoms with E-state index in [-0.39, 0.29) is 18.5 Å². The number of carboxylic acid groups (broad SMARTS) is 1. The minimum Gasteiger partial charge on any atom is -0.481 e. The van der Waals surface area contributed by atoms with Crippen LogP contribution in [0.3, 0.4) is 0 Å². The first-order valence-electron chi connectivity index (χ1n) is 3.99. The molecule has 1 aromatic rings. The highest BCUT2D eigenvalue weighted by Crippen LogP contribution is 2.26. The molecular weight excluding hydrogens is 213 g/mol. The molecule has 0 atom stereocenters. The summed E-state index contributed by atoms with van der Waals surface area (Å²) in [6, 6.07) is 0. The molecule has 0 spiro atoms. The van der Waals surface area contributed by atoms with Gasteiger partial charge in [-0.1, -0.05) is 0 Å². The van der Waals surface area contributed by atoms with Gasteiger partial charge in [-0.15, -0.1) is 0 Å². The molecule has 1 N–H and O–H groups in total. The SMILES string of the molecule is O=C(O)CCc1cnc(C(F)(F)F)cn1. The van der Waals surface area contributed by atoms with E-state index >= 15 is 0 Å². The minimum absolute atomic E-state index is 0.0699. The molecule has 1 rings (SSSR count). The van der Waals surface area contributed by atoms with Crippen molar-refractivity contribution in [2.24, 2.45) is 0 Å². The highest BCUT2D eigenvalue weighted by Gasteiger charge is 2.32. The van der Waals surface area contributed by atoms with Gasteiger partial charge in [0.15, 0.2) is 5.69 Å². The molecule has 0 aliphatic heterocycles. The smallest absolute Gasteiger partial charge is 0.434 e. The Morgan fingerprint density at radius 1 is 1.33 bits per heavy atom. The van der Waals surface area contributed by atoms with E-state index in [4.69, 9.17) is 5.11 Å². The summed E-state index contributed by atoms with van der Waals surface area (Å²) in [6.07, 6.45) is -3.10. The van der Waals surface area contributed by atoms with Crippen LogP contribution in [-0.2, 0) is 17.4 Å². The van der Waals surface area contributed by atoms with Gasteiger partial charge in [0.1, 0.15) is 0 Å². The summed E-state index contributed by atoms with van der Waals surface area (Å²) >= 11 is 0. The molecule has 15 heavy (non-hydrogen) atoms. The molecular formula is C8H7F3N2O2. The third kappa shape index (κ3) is 3.53. The maximum atomic E-state index is 12.0. The van der Waals surface area contributed by atoms with Gasteiger partial charge < -0.3 is 5.11 Å². The number of hydrogen-bond acceptors (Lipinski definition) is 3. The van der Waals surface area contributed by atoms with Gasteiger partial charge in [0.25, 0.3) is 0 Å². The summed E-state index contributed by atoms with van der Waals surface area (Å²) in [4.78, 5) is 16.8. The number of carbonyl (C=O) groups is 1. The number of carboxylic acids is 1. The molecule has 0 amide bonds. The van der Waals surface area contributed by atoms with Crippen LogP contribution in [0.25, 0.3) is 0 Å². The average molecular weight is 220 g/mol. The summed E-state index contributed by atoms with van der Waals surface area (Å²) < 4.78 is 36.1. The Morgan fingerprint density at radius 2 is 2.00 bits per heavy atom. The van der Waals surface area contributed by atoms with Crippen LogP contribution in [0.5, 0.6) is 0 Å². The van der Waals surface area contributed by atoms with Crippen molar-refractivity contribution in [3.63, 3.8) is 0 Å². The maximum Gasteiger partial charge on any atom is 0.434 e. The molecule has 0 aromatic carbocycles. The number of alkyl halides is 3. The van der Waals surface area contributed by atoms with Gasteiger partial charge in [0.2, 0.25) is 0 Å². The minimum atomic E-state index is -4.52. The fraction of sp³-hybridized carbons (Fsp3) is 0.375. The van der Waals surface area contributed by atoms with Crippen molar-refractivity contribution in [2.75, 3.05) is 0 Å². The molecule has 82 valence electrons. The van der Waals surface area contributed by atoms with Crippen LogP contribution in [-0.4, -0.2) is 21.0 Å². The van der Waals surface area contributed by atoms with Crippen molar-refractivity contribution in [1.29, 1.82) is 0 Å². The third-order valence-corrected chi connectivity index (χ3v) is 1.59. The van der Waals surface area contributed by atoms with Crippen molar-refractivity contribution in [1.82, 2.24) is 9.97 Å². The normalized spacial score (nSPS) is 11.4. The van der Waals surface area contributed by atoms with Crippen molar-refractivity contribution < 1.29 is 23.1 Å². The molecule has 7 heteroatoms. The number of aryl methyl sites for hydroxylation is 1. The van der Waals surface area contributed by atoms with Crippen LogP contribution in [0.2, 0.25) is 0 Å². The van der Waals surface area contributed by atoms with E-state index in [1.165, 1.54) is 0 Å². The Morgan fingerprint density at radius 3 is 2.40 bits per heavy atom. The van der Waals surface area contributed by atoms with Gasteiger partial charge in [-0.25, -0.2) is 4.98 Å². The van der Waals surface area contributed by atoms with Gasteiger partial charge >= 0.3 is 12.1 Å². The zero-order valence-corrected chi connectivity index (χ0v) is 7.45. The Bertz CT molecular complexity index is 348. The summed E-state index contributed by atoms with van der Waals surface area (Å²) in [5.41, 5.74) is -0.855. The van der Waals surface area contributed by atoms with Crippen LogP contribution < -0.4 is 0 Å². The van der Waals surface area contributed by atoms with E-state index in [1.807, 2.05) is 0 Å². The number of aromatic nitrogens is 2. The van der Waals surface area contributed by atoms with Crippen LogP contribution >= 0.6 is 0 Å². The lowest BCUT2D eigenvalue weighted by Crippen LogP contribution is -2.09. The fourth-order valence-electron chi connectivity index (χ4n) is 0.865. The molecule has 0 bridgehead atoms. The van der Waals surface area contributed by atoms with Crippen LogP contribution in [0.1, 0.15) is 17.8 Å². The van der Waals surface area contributed by atoms with E-state index in [0.717, 1.165) is 6.20 Å². The Labute approximate surface area is 82.8 Å².